The first-order valence-corrected chi connectivity index (χ1v) is 6.11. The Labute approximate surface area is 101 Å². The zero-order valence-electron chi connectivity index (χ0n) is 10.4. The first-order chi connectivity index (χ1) is 8.11. The lowest BCUT2D eigenvalue weighted by atomic mass is 10.1. The molecule has 1 aliphatic rings. The first-order valence-electron chi connectivity index (χ1n) is 6.11. The molecule has 2 rings (SSSR count). The number of likely N-dealkylation sites (tertiary alicyclic amines) is 1. The van der Waals surface area contributed by atoms with Gasteiger partial charge in [0, 0.05) is 26.3 Å². The summed E-state index contributed by atoms with van der Waals surface area (Å²) in [6.07, 6.45) is 3.64. The summed E-state index contributed by atoms with van der Waals surface area (Å²) < 4.78 is 1.69. The predicted molar refractivity (Wildman–Crippen MR) is 63.7 cm³/mol. The molecule has 1 aliphatic heterocycles. The molecule has 1 aromatic rings. The molecular formula is C12H19N3O2. The molecule has 5 nitrogen and oxygen atoms in total. The summed E-state index contributed by atoms with van der Waals surface area (Å²) in [7, 11) is 1.83. The van der Waals surface area contributed by atoms with Gasteiger partial charge in [0.25, 0.3) is 5.91 Å². The Morgan fingerprint density at radius 3 is 2.76 bits per heavy atom. The van der Waals surface area contributed by atoms with Crippen molar-refractivity contribution in [3.8, 4) is 0 Å². The van der Waals surface area contributed by atoms with Gasteiger partial charge < -0.3 is 10.0 Å². The molecule has 1 fully saturated rings. The third-order valence-electron chi connectivity index (χ3n) is 3.22. The van der Waals surface area contributed by atoms with Crippen molar-refractivity contribution >= 4 is 5.91 Å². The van der Waals surface area contributed by atoms with E-state index in [0.717, 1.165) is 12.1 Å². The monoisotopic (exact) mass is 237 g/mol. The maximum Gasteiger partial charge on any atom is 0.257 e. The summed E-state index contributed by atoms with van der Waals surface area (Å²) in [6, 6.07) is 0. The maximum absolute atomic E-state index is 12.3. The van der Waals surface area contributed by atoms with Crippen molar-refractivity contribution in [2.75, 3.05) is 13.1 Å². The molecule has 0 spiro atoms. The van der Waals surface area contributed by atoms with E-state index in [1.54, 1.807) is 10.9 Å². The van der Waals surface area contributed by atoms with Crippen molar-refractivity contribution in [3.63, 3.8) is 0 Å². The highest BCUT2D eigenvalue weighted by Crippen LogP contribution is 2.16. The summed E-state index contributed by atoms with van der Waals surface area (Å²) in [6.45, 7) is 3.27. The molecule has 1 aromatic heterocycles. The molecule has 1 N–H and O–H groups in total. The zero-order valence-corrected chi connectivity index (χ0v) is 10.4. The Balaban J connectivity index is 2.13. The number of aliphatic hydroxyl groups excluding tert-OH is 1. The molecule has 1 saturated heterocycles. The summed E-state index contributed by atoms with van der Waals surface area (Å²) in [5.74, 6) is 0.0434. The summed E-state index contributed by atoms with van der Waals surface area (Å²) in [5.41, 5.74) is 1.55. The van der Waals surface area contributed by atoms with E-state index < -0.39 is 0 Å². The average Bonchev–Trinajstić information content (AvgIpc) is 2.70. The average molecular weight is 237 g/mol. The maximum atomic E-state index is 12.3. The minimum absolute atomic E-state index is 0.0434. The number of amides is 1. The summed E-state index contributed by atoms with van der Waals surface area (Å²) in [5, 5.41) is 13.7. The number of hydrogen-bond acceptors (Lipinski definition) is 3. The predicted octanol–water partition coefficient (Wildman–Crippen LogP) is 0.579. The smallest absolute Gasteiger partial charge is 0.257 e. The Hall–Kier alpha value is -1.36. The van der Waals surface area contributed by atoms with Crippen LogP contribution in [0, 0.1) is 0 Å². The number of hydrogen-bond donors (Lipinski definition) is 1. The molecule has 1 amide bonds. The van der Waals surface area contributed by atoms with Gasteiger partial charge in [-0.2, -0.15) is 5.10 Å². The van der Waals surface area contributed by atoms with Crippen LogP contribution in [0.4, 0.5) is 0 Å². The van der Waals surface area contributed by atoms with Crippen LogP contribution >= 0.6 is 0 Å². The lowest BCUT2D eigenvalue weighted by molar-refractivity contribution is 0.0545. The molecule has 0 saturated carbocycles. The van der Waals surface area contributed by atoms with Crippen LogP contribution in [0.1, 0.15) is 35.8 Å². The lowest BCUT2D eigenvalue weighted by Gasteiger charge is -2.29. The van der Waals surface area contributed by atoms with Crippen LogP contribution in [0.3, 0.4) is 0 Å². The Kier molecular flexibility index (Phi) is 3.47. The number of nitrogens with zero attached hydrogens (tertiary/aromatic N) is 3. The quantitative estimate of drug-likeness (QED) is 0.818. The van der Waals surface area contributed by atoms with Gasteiger partial charge in [-0.1, -0.05) is 6.92 Å². The normalized spacial score (nSPS) is 17.5. The lowest BCUT2D eigenvalue weighted by Crippen LogP contribution is -2.40. The fraction of sp³-hybridized carbons (Fsp3) is 0.667. The van der Waals surface area contributed by atoms with E-state index in [1.807, 2.05) is 18.9 Å². The zero-order chi connectivity index (χ0) is 12.4. The molecule has 2 heterocycles. The van der Waals surface area contributed by atoms with Gasteiger partial charge in [-0.05, 0) is 19.3 Å². The molecule has 0 atom stereocenters. The topological polar surface area (TPSA) is 58.4 Å². The molecule has 0 aromatic carbocycles. The third-order valence-corrected chi connectivity index (χ3v) is 3.22. The van der Waals surface area contributed by atoms with E-state index in [9.17, 15) is 9.90 Å². The third kappa shape index (κ3) is 2.49. The van der Waals surface area contributed by atoms with Crippen molar-refractivity contribution in [1.29, 1.82) is 0 Å². The SMILES string of the molecule is CCc1nn(C)cc1C(=O)N1CCC(O)CC1. The number of carbonyl (C=O) groups excluding carboxylic acids is 1. The van der Waals surface area contributed by atoms with Crippen molar-refractivity contribution in [2.24, 2.45) is 7.05 Å². The van der Waals surface area contributed by atoms with E-state index in [4.69, 9.17) is 0 Å². The molecule has 0 bridgehead atoms. The fourth-order valence-corrected chi connectivity index (χ4v) is 2.21. The number of carbonyl (C=O) groups is 1. The second kappa shape index (κ2) is 4.87. The van der Waals surface area contributed by atoms with Crippen LogP contribution in [0.2, 0.25) is 0 Å². The van der Waals surface area contributed by atoms with Crippen molar-refractivity contribution < 1.29 is 9.90 Å². The van der Waals surface area contributed by atoms with Crippen LogP contribution in [-0.4, -0.2) is 44.9 Å². The fourth-order valence-electron chi connectivity index (χ4n) is 2.21. The second-order valence-electron chi connectivity index (χ2n) is 4.54. The van der Waals surface area contributed by atoms with Crippen molar-refractivity contribution in [1.82, 2.24) is 14.7 Å². The largest absolute Gasteiger partial charge is 0.393 e. The van der Waals surface area contributed by atoms with Gasteiger partial charge >= 0.3 is 0 Å². The van der Waals surface area contributed by atoms with Crippen LogP contribution in [0.5, 0.6) is 0 Å². The van der Waals surface area contributed by atoms with Gasteiger partial charge in [0.05, 0.1) is 17.4 Å². The van der Waals surface area contributed by atoms with E-state index in [2.05, 4.69) is 5.10 Å². The van der Waals surface area contributed by atoms with Crippen LogP contribution in [0.25, 0.3) is 0 Å². The molecule has 0 radical (unpaired) electrons. The molecule has 94 valence electrons. The standard InChI is InChI=1S/C12H19N3O2/c1-3-11-10(8-14(2)13-11)12(17)15-6-4-9(16)5-7-15/h8-9,16H,3-7H2,1-2H3. The number of aryl methyl sites for hydroxylation is 2. The minimum Gasteiger partial charge on any atom is -0.393 e. The highest BCUT2D eigenvalue weighted by atomic mass is 16.3. The van der Waals surface area contributed by atoms with Gasteiger partial charge in [0.2, 0.25) is 0 Å². The van der Waals surface area contributed by atoms with E-state index in [1.165, 1.54) is 0 Å². The minimum atomic E-state index is -0.251. The summed E-state index contributed by atoms with van der Waals surface area (Å²) in [4.78, 5) is 14.1. The van der Waals surface area contributed by atoms with Crippen LogP contribution < -0.4 is 0 Å². The summed E-state index contributed by atoms with van der Waals surface area (Å²) >= 11 is 0. The van der Waals surface area contributed by atoms with Gasteiger partial charge in [-0.15, -0.1) is 0 Å². The van der Waals surface area contributed by atoms with Gasteiger partial charge in [0.15, 0.2) is 0 Å². The van der Waals surface area contributed by atoms with Crippen LogP contribution in [0.15, 0.2) is 6.20 Å². The van der Waals surface area contributed by atoms with Gasteiger partial charge in [-0.25, -0.2) is 0 Å². The molecule has 5 heteroatoms. The Morgan fingerprint density at radius 1 is 1.53 bits per heavy atom. The molecule has 17 heavy (non-hydrogen) atoms. The van der Waals surface area contributed by atoms with E-state index >= 15 is 0 Å². The second-order valence-corrected chi connectivity index (χ2v) is 4.54. The number of aromatic nitrogens is 2. The van der Waals surface area contributed by atoms with Crippen LogP contribution in [-0.2, 0) is 13.5 Å². The Morgan fingerprint density at radius 2 is 2.18 bits per heavy atom. The van der Waals surface area contributed by atoms with E-state index in [-0.39, 0.29) is 12.0 Å². The Bertz CT molecular complexity index is 406. The molecule has 0 aliphatic carbocycles. The first kappa shape index (κ1) is 12.1. The van der Waals surface area contributed by atoms with Crippen molar-refractivity contribution in [2.45, 2.75) is 32.3 Å². The number of piperidine rings is 1. The molecule has 0 unspecified atom stereocenters. The van der Waals surface area contributed by atoms with Gasteiger partial charge in [-0.3, -0.25) is 9.48 Å². The van der Waals surface area contributed by atoms with Crippen molar-refractivity contribution in [3.05, 3.63) is 17.5 Å². The number of aliphatic hydroxyl groups is 1. The highest BCUT2D eigenvalue weighted by molar-refractivity contribution is 5.95. The number of rotatable bonds is 2. The highest BCUT2D eigenvalue weighted by Gasteiger charge is 2.24. The molecular weight excluding hydrogens is 218 g/mol. The van der Waals surface area contributed by atoms with E-state index in [0.29, 0.717) is 31.5 Å². The van der Waals surface area contributed by atoms with Gasteiger partial charge in [0.1, 0.15) is 0 Å².